The number of benzene rings is 1. The standard InChI is InChI=1S/C14H10F2N2O8S2.CH5N/c15-27(23,24)3-1-17-11(19)7-5-9-10(6-8(7)12(17)20)14(22)18(13(9)21)2-4-28(16,25)26;1-2/h5-6H,1-4H2;2H2,1H3. The van der Waals surface area contributed by atoms with Crippen LogP contribution in [0.25, 0.3) is 21.5 Å². The predicted molar refractivity (Wildman–Crippen MR) is 105 cm³/mol. The van der Waals surface area contributed by atoms with Crippen molar-refractivity contribution in [3.63, 3.8) is 0 Å². The van der Waals surface area contributed by atoms with Crippen molar-refractivity contribution in [2.75, 3.05) is 18.6 Å². The molecule has 0 aliphatic rings. The van der Waals surface area contributed by atoms with Gasteiger partial charge in [-0.3, -0.25) is 28.3 Å². The van der Waals surface area contributed by atoms with Gasteiger partial charge < -0.3 is 5.73 Å². The smallest absolute Gasteiger partial charge is 0.304 e. The van der Waals surface area contributed by atoms with Gasteiger partial charge in [-0.2, -0.15) is 16.8 Å². The van der Waals surface area contributed by atoms with Crippen LogP contribution in [0.1, 0.15) is 0 Å². The van der Waals surface area contributed by atoms with Crippen LogP contribution >= 0.6 is 0 Å². The summed E-state index contributed by atoms with van der Waals surface area (Å²) in [4.78, 5) is 49.2. The molecule has 15 heteroatoms. The van der Waals surface area contributed by atoms with Crippen molar-refractivity contribution in [1.82, 2.24) is 9.13 Å². The van der Waals surface area contributed by atoms with Crippen molar-refractivity contribution in [3.8, 4) is 0 Å². The van der Waals surface area contributed by atoms with Crippen LogP contribution in [-0.4, -0.2) is 44.5 Å². The van der Waals surface area contributed by atoms with Gasteiger partial charge in [0.05, 0.1) is 33.1 Å². The van der Waals surface area contributed by atoms with Crippen LogP contribution in [0.3, 0.4) is 0 Å². The Hall–Kier alpha value is -2.78. The van der Waals surface area contributed by atoms with Crippen LogP contribution in [0.15, 0.2) is 31.3 Å². The Morgan fingerprint density at radius 3 is 1.10 bits per heavy atom. The SMILES string of the molecule is CN.O=c1c2cc3c(=O)n(CCS(=O)(=O)F)c(=O)c3cc2c(=O)n1CCS(=O)(=O)F. The van der Waals surface area contributed by atoms with Gasteiger partial charge >= 0.3 is 20.4 Å². The molecule has 0 bridgehead atoms. The van der Waals surface area contributed by atoms with Gasteiger partial charge in [-0.05, 0) is 19.2 Å². The normalized spacial score (nSPS) is 12.3. The van der Waals surface area contributed by atoms with E-state index in [0.717, 1.165) is 12.1 Å². The van der Waals surface area contributed by atoms with Gasteiger partial charge in [0.25, 0.3) is 22.2 Å². The van der Waals surface area contributed by atoms with Gasteiger partial charge in [0.15, 0.2) is 0 Å². The Kier molecular flexibility index (Phi) is 6.39. The molecule has 0 saturated heterocycles. The summed E-state index contributed by atoms with van der Waals surface area (Å²) < 4.78 is 68.7. The summed E-state index contributed by atoms with van der Waals surface area (Å²) >= 11 is 0. The Morgan fingerprint density at radius 1 is 0.667 bits per heavy atom. The van der Waals surface area contributed by atoms with Crippen molar-refractivity contribution >= 4 is 42.0 Å². The Balaban J connectivity index is 0.00000155. The summed E-state index contributed by atoms with van der Waals surface area (Å²) in [7, 11) is -8.38. The summed E-state index contributed by atoms with van der Waals surface area (Å²) in [6, 6.07) is 1.89. The van der Waals surface area contributed by atoms with E-state index in [4.69, 9.17) is 0 Å². The van der Waals surface area contributed by atoms with Crippen LogP contribution in [0.2, 0.25) is 0 Å². The molecule has 11 nitrogen and oxygen atoms in total. The van der Waals surface area contributed by atoms with Gasteiger partial charge in [0.2, 0.25) is 0 Å². The topological polar surface area (TPSA) is 172 Å². The first-order chi connectivity index (χ1) is 13.8. The molecule has 3 aromatic rings. The maximum atomic E-state index is 12.7. The van der Waals surface area contributed by atoms with E-state index in [0.29, 0.717) is 9.13 Å². The lowest BCUT2D eigenvalue weighted by molar-refractivity contribution is 0.541. The number of hydrogen-bond acceptors (Lipinski definition) is 9. The van der Waals surface area contributed by atoms with Crippen LogP contribution in [0.5, 0.6) is 0 Å². The fraction of sp³-hybridized carbons (Fsp3) is 0.333. The van der Waals surface area contributed by atoms with Crippen LogP contribution in [0, 0.1) is 0 Å². The van der Waals surface area contributed by atoms with Gasteiger partial charge in [-0.1, -0.05) is 0 Å². The van der Waals surface area contributed by atoms with Crippen molar-refractivity contribution < 1.29 is 24.6 Å². The van der Waals surface area contributed by atoms with Gasteiger partial charge in [0.1, 0.15) is 0 Å². The molecule has 3 rings (SSSR count). The van der Waals surface area contributed by atoms with Crippen LogP contribution < -0.4 is 28.0 Å². The predicted octanol–water partition coefficient (Wildman–Crippen LogP) is -1.91. The monoisotopic (exact) mass is 467 g/mol. The number of hydrogen-bond donors (Lipinski definition) is 1. The highest BCUT2D eigenvalue weighted by atomic mass is 32.3. The second-order valence-electron chi connectivity index (χ2n) is 5.95. The number of fused-ring (bicyclic) bond motifs is 2. The molecule has 0 aliphatic carbocycles. The maximum absolute atomic E-state index is 12.7. The molecule has 2 N–H and O–H groups in total. The Bertz CT molecular complexity index is 1350. The molecular weight excluding hydrogens is 452 g/mol. The fourth-order valence-corrected chi connectivity index (χ4v) is 3.68. The number of aromatic nitrogens is 2. The summed E-state index contributed by atoms with van der Waals surface area (Å²) in [5.74, 6) is -2.22. The zero-order chi connectivity index (χ0) is 23.0. The number of nitrogens with two attached hydrogens (primary N) is 1. The quantitative estimate of drug-likeness (QED) is 0.406. The second kappa shape index (κ2) is 8.16. The molecule has 0 saturated carbocycles. The van der Waals surface area contributed by atoms with Crippen molar-refractivity contribution in [2.45, 2.75) is 13.1 Å². The largest absolute Gasteiger partial charge is 0.333 e. The summed E-state index contributed by atoms with van der Waals surface area (Å²) in [5.41, 5.74) is 0.598. The van der Waals surface area contributed by atoms with E-state index in [1.54, 1.807) is 0 Å². The van der Waals surface area contributed by atoms with Gasteiger partial charge in [0, 0.05) is 13.1 Å². The van der Waals surface area contributed by atoms with E-state index in [9.17, 15) is 43.8 Å². The molecule has 0 atom stereocenters. The molecule has 0 unspecified atom stereocenters. The summed E-state index contributed by atoms with van der Waals surface area (Å²) in [6.45, 7) is -1.50. The highest BCUT2D eigenvalue weighted by molar-refractivity contribution is 7.86. The van der Waals surface area contributed by atoms with Crippen LogP contribution in [0.4, 0.5) is 7.77 Å². The minimum atomic E-state index is -4.94. The highest BCUT2D eigenvalue weighted by Gasteiger charge is 2.21. The van der Waals surface area contributed by atoms with E-state index in [2.05, 4.69) is 5.73 Å². The van der Waals surface area contributed by atoms with E-state index in [1.807, 2.05) is 0 Å². The molecular formula is C15H15F2N3O8S2. The maximum Gasteiger partial charge on any atom is 0.304 e. The lowest BCUT2D eigenvalue weighted by Crippen LogP contribution is -2.28. The third kappa shape index (κ3) is 4.52. The highest BCUT2D eigenvalue weighted by Crippen LogP contribution is 2.14. The van der Waals surface area contributed by atoms with Gasteiger partial charge in [-0.15, -0.1) is 7.77 Å². The average molecular weight is 467 g/mol. The zero-order valence-electron chi connectivity index (χ0n) is 15.3. The Labute approximate surface area is 167 Å². The molecule has 2 aromatic heterocycles. The molecule has 1 aromatic carbocycles. The van der Waals surface area contributed by atoms with Crippen molar-refractivity contribution in [3.05, 3.63) is 53.5 Å². The van der Waals surface area contributed by atoms with E-state index in [-0.39, 0.29) is 21.5 Å². The molecule has 0 aliphatic heterocycles. The molecule has 0 radical (unpaired) electrons. The molecule has 0 fully saturated rings. The van der Waals surface area contributed by atoms with Crippen molar-refractivity contribution in [2.24, 2.45) is 5.73 Å². The minimum Gasteiger partial charge on any atom is -0.333 e. The van der Waals surface area contributed by atoms with E-state index < -0.39 is 67.3 Å². The summed E-state index contributed by atoms with van der Waals surface area (Å²) in [5, 5.41) is -1.16. The number of nitrogens with zero attached hydrogens (tertiary/aromatic N) is 2. The first kappa shape index (κ1) is 23.5. The molecule has 2 heterocycles. The number of halogens is 2. The molecule has 0 spiro atoms. The van der Waals surface area contributed by atoms with E-state index >= 15 is 0 Å². The average Bonchev–Trinajstić information content (AvgIpc) is 3.02. The van der Waals surface area contributed by atoms with Gasteiger partial charge in [-0.25, -0.2) is 0 Å². The minimum absolute atomic E-state index is 0.291. The summed E-state index contributed by atoms with van der Waals surface area (Å²) in [6.07, 6.45) is 0. The first-order valence-corrected chi connectivity index (χ1v) is 11.2. The molecule has 30 heavy (non-hydrogen) atoms. The number of rotatable bonds is 6. The molecule has 164 valence electrons. The van der Waals surface area contributed by atoms with E-state index in [1.165, 1.54) is 7.05 Å². The Morgan fingerprint density at radius 2 is 0.900 bits per heavy atom. The first-order valence-electron chi connectivity index (χ1n) is 8.13. The molecule has 0 amide bonds. The third-order valence-corrected chi connectivity index (χ3v) is 5.52. The van der Waals surface area contributed by atoms with Crippen LogP contribution in [-0.2, 0) is 33.5 Å². The lowest BCUT2D eigenvalue weighted by Gasteiger charge is -1.96. The zero-order valence-corrected chi connectivity index (χ0v) is 16.9. The third-order valence-electron chi connectivity index (χ3n) is 4.18. The van der Waals surface area contributed by atoms with Crippen molar-refractivity contribution in [1.29, 1.82) is 0 Å². The lowest BCUT2D eigenvalue weighted by atomic mass is 10.1. The second-order valence-corrected chi connectivity index (χ2v) is 8.93. The fourth-order valence-electron chi connectivity index (χ4n) is 2.88.